The van der Waals surface area contributed by atoms with Crippen LogP contribution in [0.4, 0.5) is 14.6 Å². The Bertz CT molecular complexity index is 719. The van der Waals surface area contributed by atoms with Gasteiger partial charge in [-0.25, -0.2) is 13.8 Å². The molecule has 1 N–H and O–H groups in total. The number of aromatic nitrogens is 2. The lowest BCUT2D eigenvalue weighted by atomic mass is 10.1. The van der Waals surface area contributed by atoms with Crippen LogP contribution in [0.1, 0.15) is 12.5 Å². The highest BCUT2D eigenvalue weighted by atomic mass is 19.3. The van der Waals surface area contributed by atoms with Gasteiger partial charge in [0.25, 0.3) is 5.92 Å². The van der Waals surface area contributed by atoms with Crippen molar-refractivity contribution in [1.29, 1.82) is 0 Å². The van der Waals surface area contributed by atoms with Gasteiger partial charge in [-0.05, 0) is 30.7 Å². The summed E-state index contributed by atoms with van der Waals surface area (Å²) < 4.78 is 26.5. The first-order valence-electron chi connectivity index (χ1n) is 6.98. The van der Waals surface area contributed by atoms with Crippen LogP contribution in [-0.2, 0) is 4.79 Å². The van der Waals surface area contributed by atoms with Crippen molar-refractivity contribution in [2.75, 3.05) is 5.32 Å². The van der Waals surface area contributed by atoms with Crippen molar-refractivity contribution in [3.63, 3.8) is 0 Å². The summed E-state index contributed by atoms with van der Waals surface area (Å²) in [6.45, 7) is 3.24. The molecule has 2 heterocycles. The average Bonchev–Trinajstić information content (AvgIpc) is 3.00. The van der Waals surface area contributed by atoms with Crippen molar-refractivity contribution in [3.05, 3.63) is 42.2 Å². The van der Waals surface area contributed by atoms with Crippen molar-refractivity contribution >= 4 is 11.7 Å². The van der Waals surface area contributed by atoms with Crippen LogP contribution in [0.3, 0.4) is 0 Å². The molecule has 0 bridgehead atoms. The fourth-order valence-electron chi connectivity index (χ4n) is 2.48. The molecule has 114 valence electrons. The summed E-state index contributed by atoms with van der Waals surface area (Å²) in [7, 11) is 0. The van der Waals surface area contributed by atoms with Crippen LogP contribution in [0.5, 0.6) is 0 Å². The van der Waals surface area contributed by atoms with E-state index >= 15 is 0 Å². The summed E-state index contributed by atoms with van der Waals surface area (Å²) in [5.41, 5.74) is 2.44. The Morgan fingerprint density at radius 2 is 2.05 bits per heavy atom. The summed E-state index contributed by atoms with van der Waals surface area (Å²) in [6, 6.07) is 7.15. The lowest BCUT2D eigenvalue weighted by Crippen LogP contribution is -2.18. The molecule has 1 saturated carbocycles. The molecular weight excluding hydrogens is 288 g/mol. The van der Waals surface area contributed by atoms with E-state index in [1.54, 1.807) is 24.5 Å². The molecule has 2 aromatic rings. The third-order valence-corrected chi connectivity index (χ3v) is 3.99. The number of hydrogen-bond acceptors (Lipinski definition) is 3. The summed E-state index contributed by atoms with van der Waals surface area (Å²) in [5.74, 6) is -5.55. The van der Waals surface area contributed by atoms with E-state index in [0.29, 0.717) is 0 Å². The molecule has 2 atom stereocenters. The Labute approximate surface area is 126 Å². The van der Waals surface area contributed by atoms with Crippen LogP contribution in [0, 0.1) is 18.8 Å². The number of carbonyl (C=O) groups excluding carboxylic acids is 1. The quantitative estimate of drug-likeness (QED) is 0.946. The molecule has 0 aliphatic heterocycles. The SMILES string of the molecule is Cc1cnc(NC(=O)[C@H]2C(C)C2(F)F)cc1-c1ccccn1. The largest absolute Gasteiger partial charge is 0.310 e. The number of halogens is 2. The number of carbonyl (C=O) groups is 1. The van der Waals surface area contributed by atoms with Gasteiger partial charge in [0.2, 0.25) is 5.91 Å². The van der Waals surface area contributed by atoms with Crippen molar-refractivity contribution in [1.82, 2.24) is 9.97 Å². The van der Waals surface area contributed by atoms with Gasteiger partial charge in [0.15, 0.2) is 0 Å². The van der Waals surface area contributed by atoms with E-state index in [4.69, 9.17) is 0 Å². The molecule has 4 nitrogen and oxygen atoms in total. The van der Waals surface area contributed by atoms with Crippen LogP contribution in [0.25, 0.3) is 11.3 Å². The second kappa shape index (κ2) is 5.12. The van der Waals surface area contributed by atoms with E-state index in [2.05, 4.69) is 15.3 Å². The van der Waals surface area contributed by atoms with E-state index < -0.39 is 23.7 Å². The van der Waals surface area contributed by atoms with Crippen LogP contribution in [-0.4, -0.2) is 21.8 Å². The highest BCUT2D eigenvalue weighted by Gasteiger charge is 2.69. The molecule has 1 aliphatic carbocycles. The van der Waals surface area contributed by atoms with Gasteiger partial charge in [-0.2, -0.15) is 0 Å². The number of alkyl halides is 2. The third-order valence-electron chi connectivity index (χ3n) is 3.99. The average molecular weight is 303 g/mol. The highest BCUT2D eigenvalue weighted by Crippen LogP contribution is 2.55. The summed E-state index contributed by atoms with van der Waals surface area (Å²) >= 11 is 0. The summed E-state index contributed by atoms with van der Waals surface area (Å²) in [6.07, 6.45) is 3.26. The van der Waals surface area contributed by atoms with Crippen molar-refractivity contribution in [2.24, 2.45) is 11.8 Å². The van der Waals surface area contributed by atoms with Crippen molar-refractivity contribution < 1.29 is 13.6 Å². The number of nitrogens with one attached hydrogen (secondary N) is 1. The lowest BCUT2D eigenvalue weighted by Gasteiger charge is -2.09. The fraction of sp³-hybridized carbons (Fsp3) is 0.312. The fourth-order valence-corrected chi connectivity index (χ4v) is 2.48. The highest BCUT2D eigenvalue weighted by molar-refractivity contribution is 5.95. The zero-order chi connectivity index (χ0) is 15.9. The third kappa shape index (κ3) is 2.45. The van der Waals surface area contributed by atoms with Gasteiger partial charge in [-0.3, -0.25) is 9.78 Å². The second-order valence-electron chi connectivity index (χ2n) is 5.53. The maximum absolute atomic E-state index is 13.3. The molecule has 1 fully saturated rings. The number of amides is 1. The van der Waals surface area contributed by atoms with Crippen LogP contribution >= 0.6 is 0 Å². The minimum atomic E-state index is -2.92. The summed E-state index contributed by atoms with van der Waals surface area (Å²) in [4.78, 5) is 20.2. The Balaban J connectivity index is 1.83. The minimum Gasteiger partial charge on any atom is -0.310 e. The van der Waals surface area contributed by atoms with Crippen LogP contribution in [0.2, 0.25) is 0 Å². The molecule has 1 amide bonds. The van der Waals surface area contributed by atoms with Crippen molar-refractivity contribution in [3.8, 4) is 11.3 Å². The van der Waals surface area contributed by atoms with Gasteiger partial charge in [0, 0.05) is 23.9 Å². The molecule has 22 heavy (non-hydrogen) atoms. The maximum Gasteiger partial charge on any atom is 0.263 e. The Kier molecular flexibility index (Phi) is 3.39. The molecule has 1 aliphatic rings. The number of rotatable bonds is 3. The molecule has 1 unspecified atom stereocenters. The van der Waals surface area contributed by atoms with Crippen LogP contribution in [0.15, 0.2) is 36.7 Å². The molecule has 2 aromatic heterocycles. The predicted molar refractivity (Wildman–Crippen MR) is 78.4 cm³/mol. The number of pyridine rings is 2. The zero-order valence-electron chi connectivity index (χ0n) is 12.2. The van der Waals surface area contributed by atoms with Crippen LogP contribution < -0.4 is 5.32 Å². The normalized spacial score (nSPS) is 22.2. The van der Waals surface area contributed by atoms with E-state index in [0.717, 1.165) is 16.8 Å². The lowest BCUT2D eigenvalue weighted by molar-refractivity contribution is -0.119. The van der Waals surface area contributed by atoms with Gasteiger partial charge in [0.05, 0.1) is 5.69 Å². The van der Waals surface area contributed by atoms with E-state index in [9.17, 15) is 13.6 Å². The molecular formula is C16H15F2N3O. The molecule has 0 spiro atoms. The van der Waals surface area contributed by atoms with E-state index in [-0.39, 0.29) is 5.82 Å². The van der Waals surface area contributed by atoms with Gasteiger partial charge in [-0.1, -0.05) is 13.0 Å². The maximum atomic E-state index is 13.3. The first-order chi connectivity index (χ1) is 10.4. The molecule has 3 rings (SSSR count). The standard InChI is InChI=1S/C16H15F2N3O/c1-9-8-20-13(7-11(9)12-5-3-4-6-19-12)21-15(22)14-10(2)16(14,17)18/h3-8,10,14H,1-2H3,(H,20,21,22)/t10?,14-/m1/s1. The minimum absolute atomic E-state index is 0.256. The first-order valence-corrected chi connectivity index (χ1v) is 6.98. The van der Waals surface area contributed by atoms with Crippen molar-refractivity contribution in [2.45, 2.75) is 19.8 Å². The number of nitrogens with zero attached hydrogens (tertiary/aromatic N) is 2. The Morgan fingerprint density at radius 3 is 2.64 bits per heavy atom. The predicted octanol–water partition coefficient (Wildman–Crippen LogP) is 3.29. The summed E-state index contributed by atoms with van der Waals surface area (Å²) in [5, 5.41) is 2.47. The van der Waals surface area contributed by atoms with E-state index in [1.807, 2.05) is 19.1 Å². The number of anilines is 1. The van der Waals surface area contributed by atoms with Gasteiger partial charge in [0.1, 0.15) is 11.7 Å². The molecule has 0 aromatic carbocycles. The smallest absolute Gasteiger partial charge is 0.263 e. The molecule has 0 saturated heterocycles. The van der Waals surface area contributed by atoms with E-state index in [1.165, 1.54) is 6.92 Å². The van der Waals surface area contributed by atoms with Gasteiger partial charge < -0.3 is 5.32 Å². The Morgan fingerprint density at radius 1 is 1.32 bits per heavy atom. The molecule has 0 radical (unpaired) electrons. The molecule has 6 heteroatoms. The first kappa shape index (κ1) is 14.6. The monoisotopic (exact) mass is 303 g/mol. The number of hydrogen-bond donors (Lipinski definition) is 1. The zero-order valence-corrected chi connectivity index (χ0v) is 12.2. The van der Waals surface area contributed by atoms with Gasteiger partial charge >= 0.3 is 0 Å². The Hall–Kier alpha value is -2.37. The van der Waals surface area contributed by atoms with Gasteiger partial charge in [-0.15, -0.1) is 0 Å². The second-order valence-corrected chi connectivity index (χ2v) is 5.53. The number of aryl methyl sites for hydroxylation is 1. The topological polar surface area (TPSA) is 54.9 Å².